The van der Waals surface area contributed by atoms with Crippen LogP contribution >= 0.6 is 0 Å². The van der Waals surface area contributed by atoms with Gasteiger partial charge in [0.15, 0.2) is 12.0 Å². The van der Waals surface area contributed by atoms with Gasteiger partial charge in [0.25, 0.3) is 0 Å². The highest BCUT2D eigenvalue weighted by Gasteiger charge is 2.13. The van der Waals surface area contributed by atoms with E-state index in [0.717, 1.165) is 0 Å². The summed E-state index contributed by atoms with van der Waals surface area (Å²) in [5.41, 5.74) is 13.6. The van der Waals surface area contributed by atoms with Crippen molar-refractivity contribution < 1.29 is 44.5 Å². The maximum absolute atomic E-state index is 10.3. The molecule has 11 heteroatoms. The molecule has 0 radical (unpaired) electrons. The molecular formula is C6H15ClN4O6. The van der Waals surface area contributed by atoms with Gasteiger partial charge in [0.2, 0.25) is 0 Å². The van der Waals surface area contributed by atoms with Gasteiger partial charge in [0, 0.05) is 13.0 Å². The minimum Gasteiger partial charge on any atom is -0.477 e. The van der Waals surface area contributed by atoms with Gasteiger partial charge in [-0.25, -0.2) is 23.4 Å². The van der Waals surface area contributed by atoms with Gasteiger partial charge in [-0.2, -0.15) is 0 Å². The second kappa shape index (κ2) is 8.92. The van der Waals surface area contributed by atoms with Crippen LogP contribution in [0.3, 0.4) is 0 Å². The van der Waals surface area contributed by atoms with Crippen molar-refractivity contribution in [1.82, 2.24) is 0 Å². The Balaban J connectivity index is 0. The molecule has 0 spiro atoms. The summed E-state index contributed by atoms with van der Waals surface area (Å²) in [6, 6.07) is -0.570. The van der Waals surface area contributed by atoms with Crippen molar-refractivity contribution in [2.75, 3.05) is 6.54 Å². The predicted molar refractivity (Wildman–Crippen MR) is 44.2 cm³/mol. The van der Waals surface area contributed by atoms with E-state index in [0.29, 0.717) is 19.4 Å². The summed E-state index contributed by atoms with van der Waals surface area (Å²) in [5.74, 6) is -0.856. The number of guanidine groups is 1. The molecule has 0 saturated carbocycles. The van der Waals surface area contributed by atoms with Crippen molar-refractivity contribution >= 4 is 11.9 Å². The molecule has 0 aliphatic heterocycles. The minimum absolute atomic E-state index is 0.0333. The standard InChI is InChI=1S/C6H14N4O2.ClHO4/c7-4(5(11)12)2-1-3-10-6(8)9;2-1(3,4)5/h4H,1-3,7H2,(H,11,12)(H4,8,9,10);(H,2,3,4,5)/t4-;/m0./s1. The number of quaternary nitrogens is 1. The summed E-state index contributed by atoms with van der Waals surface area (Å²) >= 11 is 0. The molecule has 1 atom stereocenters. The highest BCUT2D eigenvalue weighted by Crippen LogP contribution is 1.92. The predicted octanol–water partition coefficient (Wildman–Crippen LogP) is -7.02. The molecule has 0 bridgehead atoms. The van der Waals surface area contributed by atoms with Crippen LogP contribution in [0.15, 0.2) is 4.99 Å². The van der Waals surface area contributed by atoms with E-state index in [4.69, 9.17) is 35.2 Å². The number of hydrogen-bond acceptors (Lipinski definition) is 6. The van der Waals surface area contributed by atoms with Crippen LogP contribution in [0.5, 0.6) is 0 Å². The van der Waals surface area contributed by atoms with E-state index < -0.39 is 22.3 Å². The first-order chi connectivity index (χ1) is 7.54. The van der Waals surface area contributed by atoms with E-state index in [1.54, 1.807) is 0 Å². The first-order valence-electron chi connectivity index (χ1n) is 4.27. The lowest BCUT2D eigenvalue weighted by Crippen LogP contribution is -2.68. The SMILES string of the molecule is NC(N)=NCCC[C@H]([NH3+])C(=O)O.[O-][Cl+3]([O-])([O-])[O-]. The van der Waals surface area contributed by atoms with Crippen LogP contribution in [0.2, 0.25) is 0 Å². The molecule has 0 aliphatic rings. The largest absolute Gasteiger partial charge is 0.477 e. The van der Waals surface area contributed by atoms with Crippen LogP contribution < -0.4 is 35.8 Å². The molecule has 102 valence electrons. The maximum Gasteiger partial charge on any atom is 0.362 e. The summed E-state index contributed by atoms with van der Waals surface area (Å²) in [4.78, 5) is 14.0. The molecule has 0 aromatic rings. The Labute approximate surface area is 99.1 Å². The highest BCUT2D eigenvalue weighted by molar-refractivity contribution is 5.75. The van der Waals surface area contributed by atoms with Crippen LogP contribution in [0.25, 0.3) is 0 Å². The maximum atomic E-state index is 10.3. The second-order valence-corrected chi connectivity index (χ2v) is 3.62. The van der Waals surface area contributed by atoms with Gasteiger partial charge in [-0.3, -0.25) is 4.99 Å². The van der Waals surface area contributed by atoms with Crippen molar-refractivity contribution in [1.29, 1.82) is 0 Å². The fourth-order valence-corrected chi connectivity index (χ4v) is 0.669. The third kappa shape index (κ3) is 25.3. The van der Waals surface area contributed by atoms with Gasteiger partial charge >= 0.3 is 5.97 Å². The Bertz CT molecular complexity index is 245. The van der Waals surface area contributed by atoms with Gasteiger partial charge in [0.05, 0.1) is 0 Å². The number of carboxylic acids is 1. The molecular weight excluding hydrogens is 260 g/mol. The normalized spacial score (nSPS) is 12.1. The Morgan fingerprint density at radius 2 is 1.76 bits per heavy atom. The molecule has 0 unspecified atom stereocenters. The first-order valence-corrected chi connectivity index (χ1v) is 5.50. The Morgan fingerprint density at radius 1 is 1.35 bits per heavy atom. The number of nitrogens with two attached hydrogens (primary N) is 2. The van der Waals surface area contributed by atoms with Gasteiger partial charge in [-0.1, -0.05) is 0 Å². The Morgan fingerprint density at radius 3 is 2.06 bits per heavy atom. The van der Waals surface area contributed by atoms with Crippen molar-refractivity contribution in [3.05, 3.63) is 0 Å². The monoisotopic (exact) mass is 274 g/mol. The van der Waals surface area contributed by atoms with E-state index in [1.165, 1.54) is 0 Å². The summed E-state index contributed by atoms with van der Waals surface area (Å²) in [5, 5.41) is 8.44. The van der Waals surface area contributed by atoms with Crippen molar-refractivity contribution in [3.63, 3.8) is 0 Å². The molecule has 17 heavy (non-hydrogen) atoms. The number of hydrogen-bond donors (Lipinski definition) is 4. The number of halogens is 1. The summed E-state index contributed by atoms with van der Waals surface area (Å²) in [6.45, 7) is 0.460. The van der Waals surface area contributed by atoms with E-state index >= 15 is 0 Å². The van der Waals surface area contributed by atoms with Crippen LogP contribution in [-0.2, 0) is 4.79 Å². The quantitative estimate of drug-likeness (QED) is 0.213. The average molecular weight is 275 g/mol. The molecule has 0 aromatic heterocycles. The van der Waals surface area contributed by atoms with Crippen molar-refractivity contribution in [3.8, 4) is 0 Å². The summed E-state index contributed by atoms with van der Waals surface area (Å²) < 4.78 is 34.0. The van der Waals surface area contributed by atoms with Gasteiger partial charge in [-0.05, 0) is 6.42 Å². The number of aliphatic carboxylic acids is 1. The Hall–Kier alpha value is -1.17. The smallest absolute Gasteiger partial charge is 0.362 e. The number of nitrogens with zero attached hydrogens (tertiary/aromatic N) is 1. The van der Waals surface area contributed by atoms with E-state index in [1.807, 2.05) is 0 Å². The minimum atomic E-state index is -4.94. The zero-order valence-corrected chi connectivity index (χ0v) is 9.63. The van der Waals surface area contributed by atoms with Crippen molar-refractivity contribution in [2.45, 2.75) is 18.9 Å². The highest BCUT2D eigenvalue weighted by atomic mass is 35.7. The van der Waals surface area contributed by atoms with E-state index in [9.17, 15) is 4.79 Å². The summed E-state index contributed by atoms with van der Waals surface area (Å²) in [7, 11) is -4.94. The number of carbonyl (C=O) groups is 1. The van der Waals surface area contributed by atoms with E-state index in [-0.39, 0.29) is 5.96 Å². The molecule has 0 amide bonds. The lowest BCUT2D eigenvalue weighted by atomic mass is 10.2. The lowest BCUT2D eigenvalue weighted by molar-refractivity contribution is -2.00. The van der Waals surface area contributed by atoms with Crippen molar-refractivity contribution in [2.24, 2.45) is 16.5 Å². The molecule has 0 saturated heterocycles. The molecule has 0 aromatic carbocycles. The lowest BCUT2D eigenvalue weighted by Gasteiger charge is -2.17. The van der Waals surface area contributed by atoms with Crippen LogP contribution in [0.1, 0.15) is 12.8 Å². The zero-order valence-electron chi connectivity index (χ0n) is 8.87. The topological polar surface area (TPSA) is 222 Å². The average Bonchev–Trinajstić information content (AvgIpc) is 2.08. The third-order valence-corrected chi connectivity index (χ3v) is 1.35. The molecule has 0 rings (SSSR count). The fraction of sp³-hybridized carbons (Fsp3) is 0.667. The van der Waals surface area contributed by atoms with Crippen LogP contribution in [-0.4, -0.2) is 29.6 Å². The van der Waals surface area contributed by atoms with Gasteiger partial charge < -0.3 is 22.3 Å². The third-order valence-electron chi connectivity index (χ3n) is 1.35. The van der Waals surface area contributed by atoms with Gasteiger partial charge in [-0.15, -0.1) is 10.2 Å². The molecule has 0 fully saturated rings. The zero-order chi connectivity index (χ0) is 14.1. The molecule has 0 heterocycles. The van der Waals surface area contributed by atoms with Gasteiger partial charge in [0.1, 0.15) is 0 Å². The summed E-state index contributed by atoms with van der Waals surface area (Å²) in [6.07, 6.45) is 1.13. The fourth-order valence-electron chi connectivity index (χ4n) is 0.669. The van der Waals surface area contributed by atoms with E-state index in [2.05, 4.69) is 10.7 Å². The van der Waals surface area contributed by atoms with Crippen LogP contribution in [0.4, 0.5) is 0 Å². The number of rotatable bonds is 5. The number of aliphatic imine (C=N–C) groups is 1. The second-order valence-electron chi connectivity index (χ2n) is 2.86. The number of carboxylic acid groups (broad SMARTS) is 1. The molecule has 0 aliphatic carbocycles. The molecule has 10 nitrogen and oxygen atoms in total. The molecule has 8 N–H and O–H groups in total. The van der Waals surface area contributed by atoms with Crippen LogP contribution in [0, 0.1) is 10.2 Å². The first kappa shape index (κ1) is 18.2. The Kier molecular flexibility index (Phi) is 9.55.